The van der Waals surface area contributed by atoms with Gasteiger partial charge >= 0.3 is 0 Å². The number of ether oxygens (including phenoxy) is 1. The third kappa shape index (κ3) is 4.62. The summed E-state index contributed by atoms with van der Waals surface area (Å²) in [7, 11) is 1.58. The number of hydrazone groups is 1. The van der Waals surface area contributed by atoms with Crippen LogP contribution in [0.2, 0.25) is 5.02 Å². The Morgan fingerprint density at radius 3 is 2.67 bits per heavy atom. The average molecular weight is 390 g/mol. The van der Waals surface area contributed by atoms with Crippen molar-refractivity contribution in [3.05, 3.63) is 58.9 Å². The summed E-state index contributed by atoms with van der Waals surface area (Å²) in [4.78, 5) is 24.3. The number of carbonyl (C=O) groups is 2. The van der Waals surface area contributed by atoms with Crippen LogP contribution in [0.15, 0.2) is 47.6 Å². The minimum Gasteiger partial charge on any atom is -0.497 e. The average Bonchev–Trinajstić information content (AvgIpc) is 2.66. The van der Waals surface area contributed by atoms with Crippen molar-refractivity contribution in [2.24, 2.45) is 5.10 Å². The maximum atomic E-state index is 13.8. The number of halogens is 2. The van der Waals surface area contributed by atoms with E-state index >= 15 is 0 Å². The second-order valence-corrected chi connectivity index (χ2v) is 6.34. The fraction of sp³-hybridized carbons (Fsp3) is 0.211. The maximum absolute atomic E-state index is 13.8. The van der Waals surface area contributed by atoms with Crippen LogP contribution >= 0.6 is 11.6 Å². The lowest BCUT2D eigenvalue weighted by Gasteiger charge is -2.23. The van der Waals surface area contributed by atoms with Crippen molar-refractivity contribution >= 4 is 34.8 Å². The second kappa shape index (κ2) is 8.18. The number of hydrogen-bond acceptors (Lipinski definition) is 4. The molecule has 140 valence electrons. The van der Waals surface area contributed by atoms with Gasteiger partial charge in [-0.3, -0.25) is 9.59 Å². The summed E-state index contributed by atoms with van der Waals surface area (Å²) in [5, 5.41) is 8.04. The molecule has 1 aliphatic rings. The molecule has 0 aromatic heterocycles. The van der Waals surface area contributed by atoms with Crippen molar-refractivity contribution in [2.75, 3.05) is 19.0 Å². The van der Waals surface area contributed by atoms with Crippen molar-refractivity contribution in [1.82, 2.24) is 5.01 Å². The molecule has 0 radical (unpaired) electrons. The van der Waals surface area contributed by atoms with Gasteiger partial charge < -0.3 is 10.1 Å². The van der Waals surface area contributed by atoms with E-state index in [2.05, 4.69) is 10.4 Å². The summed E-state index contributed by atoms with van der Waals surface area (Å²) in [6, 6.07) is 11.2. The van der Waals surface area contributed by atoms with Gasteiger partial charge in [-0.1, -0.05) is 11.6 Å². The Kier molecular flexibility index (Phi) is 5.71. The Balaban J connectivity index is 1.71. The standard InChI is InChI=1S/C19H17ClFN3O3/c1-27-14-5-2-12(3-6-14)16-8-9-19(26)24(23-16)11-18(25)22-17-7-4-13(20)10-15(17)21/h2-7,10H,8-9,11H2,1H3,(H,22,25). The summed E-state index contributed by atoms with van der Waals surface area (Å²) in [6.45, 7) is -0.305. The van der Waals surface area contributed by atoms with Crippen LogP contribution in [0.1, 0.15) is 18.4 Å². The van der Waals surface area contributed by atoms with Gasteiger partial charge in [0.05, 0.1) is 18.5 Å². The van der Waals surface area contributed by atoms with Crippen molar-refractivity contribution in [2.45, 2.75) is 12.8 Å². The summed E-state index contributed by atoms with van der Waals surface area (Å²) >= 11 is 5.69. The molecule has 0 spiro atoms. The van der Waals surface area contributed by atoms with Crippen LogP contribution in [0.4, 0.5) is 10.1 Å². The minimum atomic E-state index is -0.650. The Labute approximate surface area is 160 Å². The number of anilines is 1. The third-order valence-corrected chi connectivity index (χ3v) is 4.26. The van der Waals surface area contributed by atoms with E-state index in [0.29, 0.717) is 17.9 Å². The number of rotatable bonds is 5. The van der Waals surface area contributed by atoms with Crippen molar-refractivity contribution < 1.29 is 18.7 Å². The lowest BCUT2D eigenvalue weighted by atomic mass is 10.0. The number of nitrogens with one attached hydrogen (secondary N) is 1. The molecule has 0 saturated heterocycles. The van der Waals surface area contributed by atoms with E-state index in [1.54, 1.807) is 19.2 Å². The molecule has 0 saturated carbocycles. The smallest absolute Gasteiger partial charge is 0.246 e. The topological polar surface area (TPSA) is 71.0 Å². The number of hydrogen-bond donors (Lipinski definition) is 1. The van der Waals surface area contributed by atoms with Gasteiger partial charge in [0.2, 0.25) is 11.8 Å². The zero-order chi connectivity index (χ0) is 19.4. The lowest BCUT2D eigenvalue weighted by molar-refractivity contribution is -0.135. The van der Waals surface area contributed by atoms with E-state index in [1.807, 2.05) is 12.1 Å². The second-order valence-electron chi connectivity index (χ2n) is 5.90. The van der Waals surface area contributed by atoms with Gasteiger partial charge in [-0.05, 0) is 48.0 Å². The number of nitrogens with zero attached hydrogens (tertiary/aromatic N) is 2. The molecule has 0 fully saturated rings. The number of benzene rings is 2. The van der Waals surface area contributed by atoms with Crippen LogP contribution in [0.25, 0.3) is 0 Å². The molecular weight excluding hydrogens is 373 g/mol. The summed E-state index contributed by atoms with van der Waals surface area (Å²) in [5.74, 6) is -0.751. The van der Waals surface area contributed by atoms with E-state index in [1.165, 1.54) is 12.1 Å². The van der Waals surface area contributed by atoms with Crippen LogP contribution in [0.5, 0.6) is 5.75 Å². The molecule has 6 nitrogen and oxygen atoms in total. The van der Waals surface area contributed by atoms with E-state index in [-0.39, 0.29) is 29.6 Å². The largest absolute Gasteiger partial charge is 0.497 e. The molecule has 2 aromatic rings. The van der Waals surface area contributed by atoms with Crippen molar-refractivity contribution in [1.29, 1.82) is 0 Å². The molecule has 1 N–H and O–H groups in total. The van der Waals surface area contributed by atoms with Crippen LogP contribution in [-0.4, -0.2) is 36.2 Å². The first-order valence-corrected chi connectivity index (χ1v) is 8.61. The zero-order valence-electron chi connectivity index (χ0n) is 14.5. The Hall–Kier alpha value is -2.93. The fourth-order valence-electron chi connectivity index (χ4n) is 2.63. The van der Waals surface area contributed by atoms with Crippen LogP contribution in [0, 0.1) is 5.82 Å². The Morgan fingerprint density at radius 2 is 2.00 bits per heavy atom. The molecule has 0 atom stereocenters. The first-order valence-electron chi connectivity index (χ1n) is 8.23. The summed E-state index contributed by atoms with van der Waals surface area (Å²) < 4.78 is 18.9. The van der Waals surface area contributed by atoms with Crippen LogP contribution in [0.3, 0.4) is 0 Å². The SMILES string of the molecule is COc1ccc(C2=NN(CC(=O)Nc3ccc(Cl)cc3F)C(=O)CC2)cc1. The van der Waals surface area contributed by atoms with Crippen LogP contribution < -0.4 is 10.1 Å². The van der Waals surface area contributed by atoms with E-state index in [0.717, 1.165) is 16.6 Å². The van der Waals surface area contributed by atoms with E-state index in [4.69, 9.17) is 16.3 Å². The first kappa shape index (κ1) is 18.8. The Morgan fingerprint density at radius 1 is 1.26 bits per heavy atom. The quantitative estimate of drug-likeness (QED) is 0.851. The first-order chi connectivity index (χ1) is 13.0. The van der Waals surface area contributed by atoms with Gasteiger partial charge in [0.15, 0.2) is 0 Å². The molecule has 0 aliphatic carbocycles. The Bertz CT molecular complexity index is 900. The van der Waals surface area contributed by atoms with E-state index < -0.39 is 11.7 Å². The van der Waals surface area contributed by atoms with Gasteiger partial charge in [-0.15, -0.1) is 0 Å². The van der Waals surface area contributed by atoms with Crippen LogP contribution in [-0.2, 0) is 9.59 Å². The highest BCUT2D eigenvalue weighted by Gasteiger charge is 2.23. The minimum absolute atomic E-state index is 0.00628. The molecule has 0 bridgehead atoms. The molecule has 8 heteroatoms. The highest BCUT2D eigenvalue weighted by atomic mass is 35.5. The van der Waals surface area contributed by atoms with Gasteiger partial charge in [0.1, 0.15) is 18.1 Å². The molecule has 1 aliphatic heterocycles. The molecule has 3 rings (SSSR count). The predicted molar refractivity (Wildman–Crippen MR) is 101 cm³/mol. The molecule has 1 heterocycles. The highest BCUT2D eigenvalue weighted by molar-refractivity contribution is 6.30. The fourth-order valence-corrected chi connectivity index (χ4v) is 2.79. The maximum Gasteiger partial charge on any atom is 0.246 e. The third-order valence-electron chi connectivity index (χ3n) is 4.03. The number of amides is 2. The number of carbonyl (C=O) groups excluding carboxylic acids is 2. The normalized spacial score (nSPS) is 14.0. The summed E-state index contributed by atoms with van der Waals surface area (Å²) in [6.07, 6.45) is 0.725. The molecule has 0 unspecified atom stereocenters. The zero-order valence-corrected chi connectivity index (χ0v) is 15.3. The summed E-state index contributed by atoms with van der Waals surface area (Å²) in [5.41, 5.74) is 1.54. The monoisotopic (exact) mass is 389 g/mol. The van der Waals surface area contributed by atoms with Gasteiger partial charge in [0.25, 0.3) is 0 Å². The van der Waals surface area contributed by atoms with E-state index in [9.17, 15) is 14.0 Å². The predicted octanol–water partition coefficient (Wildman–Crippen LogP) is 3.45. The highest BCUT2D eigenvalue weighted by Crippen LogP contribution is 2.20. The molecule has 2 amide bonds. The van der Waals surface area contributed by atoms with Gasteiger partial charge in [-0.25, -0.2) is 9.40 Å². The van der Waals surface area contributed by atoms with Gasteiger partial charge in [-0.2, -0.15) is 5.10 Å². The van der Waals surface area contributed by atoms with Gasteiger partial charge in [0, 0.05) is 17.9 Å². The van der Waals surface area contributed by atoms with Crippen molar-refractivity contribution in [3.8, 4) is 5.75 Å². The van der Waals surface area contributed by atoms with Crippen molar-refractivity contribution in [3.63, 3.8) is 0 Å². The lowest BCUT2D eigenvalue weighted by Crippen LogP contribution is -2.38. The molecule has 27 heavy (non-hydrogen) atoms. The molecular formula is C19H17ClFN3O3. The number of methoxy groups -OCH3 is 1. The molecule has 2 aromatic carbocycles.